The smallest absolute Gasteiger partial charge is 0.338 e. The van der Waals surface area contributed by atoms with Gasteiger partial charge in [0.25, 0.3) is 5.56 Å². The lowest BCUT2D eigenvalue weighted by atomic mass is 9.95. The lowest BCUT2D eigenvalue weighted by Gasteiger charge is -2.25. The number of nitrogens with zero attached hydrogens (tertiary/aromatic N) is 2. The third-order valence-corrected chi connectivity index (χ3v) is 8.05. The van der Waals surface area contributed by atoms with E-state index >= 15 is 0 Å². The fraction of sp³-hybridized carbons (Fsp3) is 0.167. The van der Waals surface area contributed by atoms with Gasteiger partial charge in [-0.1, -0.05) is 90.0 Å². The van der Waals surface area contributed by atoms with Crippen LogP contribution in [0.3, 0.4) is 0 Å². The van der Waals surface area contributed by atoms with Crippen LogP contribution >= 0.6 is 34.5 Å². The number of hydrogen-bond donors (Lipinski definition) is 0. The highest BCUT2D eigenvalue weighted by Gasteiger charge is 2.33. The van der Waals surface area contributed by atoms with Crippen LogP contribution in [0.15, 0.2) is 93.9 Å². The molecule has 39 heavy (non-hydrogen) atoms. The molecule has 0 aliphatic carbocycles. The predicted molar refractivity (Wildman–Crippen MR) is 154 cm³/mol. The average Bonchev–Trinajstić information content (AvgIpc) is 3.27. The minimum absolute atomic E-state index is 0.218. The van der Waals surface area contributed by atoms with E-state index in [1.165, 1.54) is 18.4 Å². The first kappa shape index (κ1) is 26.9. The third kappa shape index (κ3) is 5.57. The minimum Gasteiger partial charge on any atom is -0.489 e. The number of allylic oxidation sites excluding steroid dienone is 1. The summed E-state index contributed by atoms with van der Waals surface area (Å²) in [5.41, 5.74) is 3.33. The van der Waals surface area contributed by atoms with E-state index in [4.69, 9.17) is 37.7 Å². The molecule has 4 aromatic rings. The average molecular weight is 580 g/mol. The van der Waals surface area contributed by atoms with Crippen molar-refractivity contribution in [3.63, 3.8) is 0 Å². The van der Waals surface area contributed by atoms with Gasteiger partial charge in [-0.3, -0.25) is 9.36 Å². The Kier molecular flexibility index (Phi) is 8.02. The highest BCUT2D eigenvalue weighted by Crippen LogP contribution is 2.31. The normalized spacial score (nSPS) is 15.1. The number of fused-ring (bicyclic) bond motifs is 1. The maximum absolute atomic E-state index is 13.7. The number of aromatic nitrogens is 1. The van der Waals surface area contributed by atoms with E-state index in [1.807, 2.05) is 73.7 Å². The molecule has 1 atom stereocenters. The molecular weight excluding hydrogens is 555 g/mol. The van der Waals surface area contributed by atoms with Gasteiger partial charge in [0.1, 0.15) is 12.4 Å². The van der Waals surface area contributed by atoms with Gasteiger partial charge in [0.15, 0.2) is 4.80 Å². The number of ether oxygens (including phenoxy) is 2. The Labute approximate surface area is 239 Å². The minimum atomic E-state index is -0.621. The van der Waals surface area contributed by atoms with Crippen molar-refractivity contribution in [2.24, 2.45) is 4.99 Å². The van der Waals surface area contributed by atoms with Crippen molar-refractivity contribution in [2.45, 2.75) is 26.0 Å². The largest absolute Gasteiger partial charge is 0.489 e. The van der Waals surface area contributed by atoms with E-state index in [1.54, 1.807) is 16.7 Å². The zero-order valence-corrected chi connectivity index (χ0v) is 23.5. The summed E-state index contributed by atoms with van der Waals surface area (Å²) in [6.07, 6.45) is 2.35. The van der Waals surface area contributed by atoms with Crippen LogP contribution in [0.1, 0.15) is 36.1 Å². The molecule has 3 aromatic carbocycles. The molecule has 9 heteroatoms. The Morgan fingerprint density at radius 3 is 2.46 bits per heavy atom. The molecule has 0 saturated heterocycles. The van der Waals surface area contributed by atoms with Gasteiger partial charge >= 0.3 is 5.97 Å². The van der Waals surface area contributed by atoms with Crippen LogP contribution in [-0.2, 0) is 16.1 Å². The molecule has 0 fully saturated rings. The summed E-state index contributed by atoms with van der Waals surface area (Å²) in [4.78, 5) is 31.8. The van der Waals surface area contributed by atoms with Gasteiger partial charge < -0.3 is 9.47 Å². The number of rotatable bonds is 7. The number of thiazole rings is 1. The van der Waals surface area contributed by atoms with Crippen molar-refractivity contribution in [3.8, 4) is 5.75 Å². The molecule has 0 unspecified atom stereocenters. The zero-order chi connectivity index (χ0) is 27.5. The Morgan fingerprint density at radius 1 is 1.05 bits per heavy atom. The molecule has 1 aromatic heterocycles. The Hall–Kier alpha value is -3.65. The molecule has 0 N–H and O–H groups in total. The number of methoxy groups -OCH3 is 1. The van der Waals surface area contributed by atoms with Gasteiger partial charge in [-0.25, -0.2) is 9.79 Å². The van der Waals surface area contributed by atoms with Gasteiger partial charge in [0.2, 0.25) is 0 Å². The molecule has 0 radical (unpaired) electrons. The van der Waals surface area contributed by atoms with Crippen molar-refractivity contribution < 1.29 is 14.3 Å². The summed E-state index contributed by atoms with van der Waals surface area (Å²) in [5.74, 6) is 0.189. The second-order valence-corrected chi connectivity index (χ2v) is 10.6. The quantitative estimate of drug-likeness (QED) is 0.264. The lowest BCUT2D eigenvalue weighted by Crippen LogP contribution is -2.40. The van der Waals surface area contributed by atoms with Crippen LogP contribution in [0.2, 0.25) is 10.0 Å². The molecule has 1 aliphatic heterocycles. The van der Waals surface area contributed by atoms with Crippen molar-refractivity contribution in [1.82, 2.24) is 4.57 Å². The van der Waals surface area contributed by atoms with E-state index < -0.39 is 12.0 Å². The fourth-order valence-electron chi connectivity index (χ4n) is 4.42. The Bertz CT molecular complexity index is 1740. The van der Waals surface area contributed by atoms with Crippen LogP contribution < -0.4 is 19.6 Å². The first-order valence-corrected chi connectivity index (χ1v) is 13.8. The fourth-order valence-corrected chi connectivity index (χ4v) is 5.76. The van der Waals surface area contributed by atoms with Crippen LogP contribution in [0.5, 0.6) is 5.75 Å². The number of esters is 1. The summed E-state index contributed by atoms with van der Waals surface area (Å²) < 4.78 is 13.1. The second-order valence-electron chi connectivity index (χ2n) is 8.81. The monoisotopic (exact) mass is 578 g/mol. The third-order valence-electron chi connectivity index (χ3n) is 6.33. The van der Waals surface area contributed by atoms with Crippen molar-refractivity contribution in [2.75, 3.05) is 7.11 Å². The van der Waals surface area contributed by atoms with Gasteiger partial charge in [-0.05, 0) is 53.5 Å². The van der Waals surface area contributed by atoms with E-state index in [-0.39, 0.29) is 5.56 Å². The van der Waals surface area contributed by atoms with E-state index in [0.29, 0.717) is 49.4 Å². The van der Waals surface area contributed by atoms with Crippen molar-refractivity contribution >= 4 is 46.6 Å². The standard InChI is InChI=1S/C30H24Cl2N2O4S/c1-3-24-26(29(36)37-2)27(20-7-5-4-6-8-20)34-28(35)25(39-30(34)33-24)16-18-9-12-21(13-10-18)38-17-19-11-14-22(31)23(32)15-19/h4-16,27H,3,17H2,1-2H3/b25-16-/t27-/m0/s1. The molecule has 6 nitrogen and oxygen atoms in total. The number of carbonyl (C=O) groups excluding carboxylic acids is 1. The lowest BCUT2D eigenvalue weighted by molar-refractivity contribution is -0.136. The van der Waals surface area contributed by atoms with Gasteiger partial charge in [0, 0.05) is 0 Å². The maximum atomic E-state index is 13.7. The summed E-state index contributed by atoms with van der Waals surface area (Å²) in [5, 5.41) is 0.978. The van der Waals surface area contributed by atoms with E-state index in [9.17, 15) is 9.59 Å². The van der Waals surface area contributed by atoms with Gasteiger partial charge in [-0.2, -0.15) is 0 Å². The molecule has 0 bridgehead atoms. The van der Waals surface area contributed by atoms with E-state index in [2.05, 4.69) is 0 Å². The molecule has 5 rings (SSSR count). The summed E-state index contributed by atoms with van der Waals surface area (Å²) in [6, 6.07) is 21.7. The number of benzene rings is 3. The second kappa shape index (κ2) is 11.6. The zero-order valence-electron chi connectivity index (χ0n) is 21.2. The number of halogens is 2. The summed E-state index contributed by atoms with van der Waals surface area (Å²) >= 11 is 13.4. The molecular formula is C30H24Cl2N2O4S. The van der Waals surface area contributed by atoms with Crippen molar-refractivity contribution in [1.29, 1.82) is 0 Å². The van der Waals surface area contributed by atoms with Crippen LogP contribution in [-0.4, -0.2) is 17.6 Å². The maximum Gasteiger partial charge on any atom is 0.338 e. The van der Waals surface area contributed by atoms with E-state index in [0.717, 1.165) is 16.7 Å². The molecule has 0 spiro atoms. The molecule has 2 heterocycles. The van der Waals surface area contributed by atoms with Crippen LogP contribution in [0.4, 0.5) is 0 Å². The summed E-state index contributed by atoms with van der Waals surface area (Å²) in [6.45, 7) is 2.28. The van der Waals surface area contributed by atoms with Crippen LogP contribution in [0.25, 0.3) is 6.08 Å². The van der Waals surface area contributed by atoms with Gasteiger partial charge in [-0.15, -0.1) is 0 Å². The first-order valence-electron chi connectivity index (χ1n) is 12.2. The SMILES string of the molecule is CCC1=C(C(=O)OC)[C@H](c2ccccc2)n2c(s/c(=C\c3ccc(OCc4ccc(Cl)c(Cl)c4)cc3)c2=O)=N1. The highest BCUT2D eigenvalue weighted by atomic mass is 35.5. The topological polar surface area (TPSA) is 69.9 Å². The van der Waals surface area contributed by atoms with Crippen LogP contribution in [0, 0.1) is 0 Å². The number of carbonyl (C=O) groups is 1. The molecule has 198 valence electrons. The van der Waals surface area contributed by atoms with Gasteiger partial charge in [0.05, 0.1) is 39.0 Å². The Balaban J connectivity index is 1.48. The summed E-state index contributed by atoms with van der Waals surface area (Å²) in [7, 11) is 1.34. The van der Waals surface area contributed by atoms with Crippen molar-refractivity contribution in [3.05, 3.63) is 130 Å². The Morgan fingerprint density at radius 2 is 1.79 bits per heavy atom. The molecule has 0 amide bonds. The first-order chi connectivity index (χ1) is 18.9. The molecule has 0 saturated carbocycles. The predicted octanol–water partition coefficient (Wildman–Crippen LogP) is 5.68. The molecule has 1 aliphatic rings. The highest BCUT2D eigenvalue weighted by molar-refractivity contribution is 7.07. The number of hydrogen-bond acceptors (Lipinski definition) is 6.